The molecule has 0 spiro atoms. The third-order valence-corrected chi connectivity index (χ3v) is 4.85. The molecule has 134 valence electrons. The van der Waals surface area contributed by atoms with Crippen molar-refractivity contribution >= 4 is 22.3 Å². The second kappa shape index (κ2) is 6.06. The molecule has 1 atom stereocenters. The fourth-order valence-electron chi connectivity index (χ4n) is 3.50. The highest BCUT2D eigenvalue weighted by atomic mass is 16.6. The zero-order chi connectivity index (χ0) is 18.3. The van der Waals surface area contributed by atoms with Crippen LogP contribution in [0.5, 0.6) is 0 Å². The normalized spacial score (nSPS) is 20.5. The highest BCUT2D eigenvalue weighted by Gasteiger charge is 2.36. The van der Waals surface area contributed by atoms with Crippen LogP contribution >= 0.6 is 0 Å². The van der Waals surface area contributed by atoms with Gasteiger partial charge >= 0.3 is 0 Å². The fraction of sp³-hybridized carbons (Fsp3) is 0.333. The molecule has 26 heavy (non-hydrogen) atoms. The zero-order valence-corrected chi connectivity index (χ0v) is 14.6. The van der Waals surface area contributed by atoms with E-state index in [1.165, 1.54) is 0 Å². The first-order valence-electron chi connectivity index (χ1n) is 8.38. The van der Waals surface area contributed by atoms with Gasteiger partial charge in [0.2, 0.25) is 0 Å². The van der Waals surface area contributed by atoms with E-state index in [1.54, 1.807) is 35.1 Å². The van der Waals surface area contributed by atoms with E-state index in [0.29, 0.717) is 30.6 Å². The van der Waals surface area contributed by atoms with E-state index in [2.05, 4.69) is 15.0 Å². The van der Waals surface area contributed by atoms with E-state index >= 15 is 0 Å². The van der Waals surface area contributed by atoms with Crippen molar-refractivity contribution in [2.75, 3.05) is 24.6 Å². The van der Waals surface area contributed by atoms with Gasteiger partial charge in [-0.3, -0.25) is 19.8 Å². The summed E-state index contributed by atoms with van der Waals surface area (Å²) in [5.74, 6) is 0. The molecule has 1 aromatic carbocycles. The number of hydrogen-bond donors (Lipinski definition) is 0. The predicted octanol–water partition coefficient (Wildman–Crippen LogP) is 2.63. The first-order chi connectivity index (χ1) is 12.5. The van der Waals surface area contributed by atoms with Crippen LogP contribution in [0.15, 0.2) is 42.9 Å². The summed E-state index contributed by atoms with van der Waals surface area (Å²) in [7, 11) is 1.88. The molecule has 3 heterocycles. The number of benzene rings is 1. The van der Waals surface area contributed by atoms with Gasteiger partial charge in [-0.05, 0) is 25.1 Å². The Balaban J connectivity index is 1.76. The Labute approximate surface area is 150 Å². The molecule has 8 heteroatoms. The number of nitro groups is 1. The average Bonchev–Trinajstić information content (AvgIpc) is 3.08. The van der Waals surface area contributed by atoms with Gasteiger partial charge in [-0.25, -0.2) is 0 Å². The van der Waals surface area contributed by atoms with Crippen LogP contribution in [0.4, 0.5) is 11.4 Å². The summed E-state index contributed by atoms with van der Waals surface area (Å²) < 4.78 is 7.82. The minimum atomic E-state index is -0.505. The number of fused-ring (bicyclic) bond motifs is 1. The van der Waals surface area contributed by atoms with Crippen molar-refractivity contribution in [3.05, 3.63) is 58.5 Å². The number of morpholine rings is 1. The van der Waals surface area contributed by atoms with Gasteiger partial charge in [-0.15, -0.1) is 0 Å². The number of nitro benzene ring substituents is 1. The second-order valence-corrected chi connectivity index (χ2v) is 6.66. The molecule has 1 fully saturated rings. The smallest absolute Gasteiger partial charge is 0.278 e. The number of anilines is 1. The number of aryl methyl sites for hydroxylation is 1. The van der Waals surface area contributed by atoms with Crippen LogP contribution in [0.2, 0.25) is 0 Å². The van der Waals surface area contributed by atoms with Gasteiger partial charge in [0.05, 0.1) is 35.3 Å². The molecule has 3 aromatic rings. The van der Waals surface area contributed by atoms with Crippen molar-refractivity contribution in [2.24, 2.45) is 7.05 Å². The second-order valence-electron chi connectivity index (χ2n) is 6.66. The van der Waals surface area contributed by atoms with Crippen molar-refractivity contribution in [1.29, 1.82) is 0 Å². The van der Waals surface area contributed by atoms with Gasteiger partial charge in [0.1, 0.15) is 11.1 Å². The van der Waals surface area contributed by atoms with Crippen LogP contribution in [0.25, 0.3) is 10.9 Å². The molecular weight excluding hydrogens is 334 g/mol. The van der Waals surface area contributed by atoms with Gasteiger partial charge in [0.15, 0.2) is 0 Å². The zero-order valence-electron chi connectivity index (χ0n) is 14.6. The number of rotatable bonds is 3. The Morgan fingerprint density at radius 3 is 2.92 bits per heavy atom. The first kappa shape index (κ1) is 16.5. The third-order valence-electron chi connectivity index (χ3n) is 4.85. The van der Waals surface area contributed by atoms with Crippen LogP contribution in [0.1, 0.15) is 12.5 Å². The third kappa shape index (κ3) is 2.68. The molecule has 2 aromatic heterocycles. The van der Waals surface area contributed by atoms with E-state index in [0.717, 1.165) is 11.3 Å². The van der Waals surface area contributed by atoms with Crippen molar-refractivity contribution in [2.45, 2.75) is 12.5 Å². The average molecular weight is 353 g/mol. The van der Waals surface area contributed by atoms with Crippen molar-refractivity contribution in [3.63, 3.8) is 0 Å². The van der Waals surface area contributed by atoms with Gasteiger partial charge < -0.3 is 9.64 Å². The molecule has 8 nitrogen and oxygen atoms in total. The van der Waals surface area contributed by atoms with Gasteiger partial charge in [0, 0.05) is 37.6 Å². The van der Waals surface area contributed by atoms with Gasteiger partial charge in [0.25, 0.3) is 5.69 Å². The summed E-state index contributed by atoms with van der Waals surface area (Å²) in [6.45, 7) is 3.90. The maximum Gasteiger partial charge on any atom is 0.278 e. The summed E-state index contributed by atoms with van der Waals surface area (Å²) in [5, 5.41) is 16.1. The Morgan fingerprint density at radius 1 is 1.35 bits per heavy atom. The van der Waals surface area contributed by atoms with E-state index < -0.39 is 5.60 Å². The molecule has 1 aliphatic rings. The summed E-state index contributed by atoms with van der Waals surface area (Å²) in [4.78, 5) is 17.6. The van der Waals surface area contributed by atoms with Gasteiger partial charge in [-0.1, -0.05) is 0 Å². The van der Waals surface area contributed by atoms with Crippen LogP contribution in [-0.4, -0.2) is 39.4 Å². The fourth-order valence-corrected chi connectivity index (χ4v) is 3.50. The lowest BCUT2D eigenvalue weighted by Gasteiger charge is -2.41. The maximum absolute atomic E-state index is 11.3. The number of aromatic nitrogens is 3. The molecule has 0 N–H and O–H groups in total. The highest BCUT2D eigenvalue weighted by molar-refractivity contribution is 5.97. The van der Waals surface area contributed by atoms with E-state index in [9.17, 15) is 10.1 Å². The lowest BCUT2D eigenvalue weighted by molar-refractivity contribution is -0.383. The lowest BCUT2D eigenvalue weighted by Crippen LogP contribution is -2.48. The monoisotopic (exact) mass is 353 g/mol. The Bertz CT molecular complexity index is 986. The van der Waals surface area contributed by atoms with Crippen LogP contribution in [-0.2, 0) is 17.4 Å². The molecule has 0 saturated carbocycles. The first-order valence-corrected chi connectivity index (χ1v) is 8.38. The topological polar surface area (TPSA) is 86.3 Å². The summed E-state index contributed by atoms with van der Waals surface area (Å²) >= 11 is 0. The number of pyridine rings is 1. The van der Waals surface area contributed by atoms with Crippen LogP contribution < -0.4 is 4.90 Å². The Morgan fingerprint density at radius 2 is 2.19 bits per heavy atom. The van der Waals surface area contributed by atoms with E-state index in [1.807, 2.05) is 26.4 Å². The van der Waals surface area contributed by atoms with E-state index in [4.69, 9.17) is 4.74 Å². The maximum atomic E-state index is 11.3. The lowest BCUT2D eigenvalue weighted by atomic mass is 9.96. The minimum Gasteiger partial charge on any atom is -0.367 e. The number of ether oxygens (including phenoxy) is 1. The SMILES string of the molecule is Cn1cc(C2(C)CN(c3ccc([N+](=O)[O-])c4cccnc34)CCO2)cn1. The quantitative estimate of drug-likeness (QED) is 0.531. The summed E-state index contributed by atoms with van der Waals surface area (Å²) in [5.41, 5.74) is 2.08. The standard InChI is InChI=1S/C18H19N5O3/c1-18(13-10-20-21(2)11-13)12-22(8-9-26-18)16-6-5-15(23(24)25)14-4-3-7-19-17(14)16/h3-7,10-11H,8-9,12H2,1-2H3. The molecule has 4 rings (SSSR count). The highest BCUT2D eigenvalue weighted by Crippen LogP contribution is 2.36. The molecule has 0 bridgehead atoms. The van der Waals surface area contributed by atoms with Crippen molar-refractivity contribution in [1.82, 2.24) is 14.8 Å². The van der Waals surface area contributed by atoms with Crippen LogP contribution in [0.3, 0.4) is 0 Å². The molecule has 0 aliphatic carbocycles. The van der Waals surface area contributed by atoms with E-state index in [-0.39, 0.29) is 10.6 Å². The number of nitrogens with zero attached hydrogens (tertiary/aromatic N) is 5. The van der Waals surface area contributed by atoms with Gasteiger partial charge in [-0.2, -0.15) is 5.10 Å². The number of hydrogen-bond acceptors (Lipinski definition) is 6. The minimum absolute atomic E-state index is 0.0696. The molecule has 0 radical (unpaired) electrons. The summed E-state index contributed by atoms with van der Waals surface area (Å²) in [6.07, 6.45) is 5.43. The largest absolute Gasteiger partial charge is 0.367 e. The van der Waals surface area contributed by atoms with Crippen molar-refractivity contribution in [3.8, 4) is 0 Å². The van der Waals surface area contributed by atoms with Crippen molar-refractivity contribution < 1.29 is 9.66 Å². The predicted molar refractivity (Wildman–Crippen MR) is 97.1 cm³/mol. The molecular formula is C18H19N5O3. The molecule has 1 aliphatic heterocycles. The van der Waals surface area contributed by atoms with Crippen LogP contribution in [0, 0.1) is 10.1 Å². The molecule has 1 unspecified atom stereocenters. The Hall–Kier alpha value is -3.00. The summed E-state index contributed by atoms with van der Waals surface area (Å²) in [6, 6.07) is 6.79. The molecule has 1 saturated heterocycles. The molecule has 0 amide bonds. The number of non-ortho nitro benzene ring substituents is 1. The Kier molecular flexibility index (Phi) is 3.84.